The van der Waals surface area contributed by atoms with E-state index in [4.69, 9.17) is 0 Å². The van der Waals surface area contributed by atoms with E-state index in [1.54, 1.807) is 0 Å². The predicted octanol–water partition coefficient (Wildman–Crippen LogP) is 3.82. The molecule has 3 nitrogen and oxygen atoms in total. The molecule has 0 N–H and O–H groups in total. The Hall–Kier alpha value is -1.09. The Labute approximate surface area is 129 Å². The summed E-state index contributed by atoms with van der Waals surface area (Å²) in [6, 6.07) is 2.64. The molecule has 0 amide bonds. The largest absolute Gasteiger partial charge is 0.349 e. The zero-order chi connectivity index (χ0) is 15.6. The summed E-state index contributed by atoms with van der Waals surface area (Å²) in [5, 5.41) is 0. The fraction of sp³-hybridized carbons (Fsp3) is 0.722. The smallest absolute Gasteiger partial charge is 0.178 e. The van der Waals surface area contributed by atoms with Crippen LogP contribution in [0.5, 0.6) is 0 Å². The number of likely N-dealkylation sites (N-methyl/N-ethyl adjacent to an activating group) is 1. The molecule has 1 aromatic rings. The molecule has 0 radical (unpaired) electrons. The molecule has 0 spiro atoms. The Morgan fingerprint density at radius 3 is 2.43 bits per heavy atom. The van der Waals surface area contributed by atoms with Crippen molar-refractivity contribution in [3.8, 4) is 0 Å². The van der Waals surface area contributed by atoms with E-state index in [1.165, 1.54) is 31.4 Å². The second kappa shape index (κ2) is 6.78. The van der Waals surface area contributed by atoms with Gasteiger partial charge in [0.1, 0.15) is 0 Å². The SMILES string of the molecule is CCn1c(C)cc(C(=O)CN(C)C2CCC(C)CC2)c1C. The average Bonchev–Trinajstić information content (AvgIpc) is 2.74. The van der Waals surface area contributed by atoms with Gasteiger partial charge >= 0.3 is 0 Å². The molecule has 1 heterocycles. The van der Waals surface area contributed by atoms with Crippen LogP contribution < -0.4 is 0 Å². The summed E-state index contributed by atoms with van der Waals surface area (Å²) >= 11 is 0. The lowest BCUT2D eigenvalue weighted by molar-refractivity contribution is 0.0888. The van der Waals surface area contributed by atoms with E-state index < -0.39 is 0 Å². The highest BCUT2D eigenvalue weighted by Gasteiger charge is 2.24. The van der Waals surface area contributed by atoms with Gasteiger partial charge < -0.3 is 4.57 Å². The molecule has 118 valence electrons. The van der Waals surface area contributed by atoms with Crippen LogP contribution in [0.3, 0.4) is 0 Å². The number of nitrogens with zero attached hydrogens (tertiary/aromatic N) is 2. The van der Waals surface area contributed by atoms with E-state index in [2.05, 4.69) is 50.3 Å². The lowest BCUT2D eigenvalue weighted by Crippen LogP contribution is -2.38. The molecule has 1 aliphatic rings. The van der Waals surface area contributed by atoms with Crippen molar-refractivity contribution in [1.82, 2.24) is 9.47 Å². The quantitative estimate of drug-likeness (QED) is 0.770. The molecule has 0 bridgehead atoms. The minimum absolute atomic E-state index is 0.268. The van der Waals surface area contributed by atoms with Crippen LogP contribution >= 0.6 is 0 Å². The average molecular weight is 290 g/mol. The summed E-state index contributed by atoms with van der Waals surface area (Å²) in [7, 11) is 2.11. The maximum Gasteiger partial charge on any atom is 0.178 e. The van der Waals surface area contributed by atoms with E-state index in [1.807, 2.05) is 0 Å². The van der Waals surface area contributed by atoms with Crippen LogP contribution in [-0.4, -0.2) is 34.9 Å². The zero-order valence-electron chi connectivity index (χ0n) is 14.3. The first-order chi connectivity index (χ1) is 9.93. The number of aryl methyl sites for hydroxylation is 1. The minimum atomic E-state index is 0.268. The van der Waals surface area contributed by atoms with Crippen LogP contribution in [0.25, 0.3) is 0 Å². The number of ketones is 1. The van der Waals surface area contributed by atoms with Crippen LogP contribution in [0.2, 0.25) is 0 Å². The van der Waals surface area contributed by atoms with E-state index >= 15 is 0 Å². The summed E-state index contributed by atoms with van der Waals surface area (Å²) in [6.07, 6.45) is 5.07. The van der Waals surface area contributed by atoms with Gasteiger partial charge in [0.25, 0.3) is 0 Å². The first-order valence-electron chi connectivity index (χ1n) is 8.34. The van der Waals surface area contributed by atoms with Gasteiger partial charge in [0.2, 0.25) is 0 Å². The molecule has 2 rings (SSSR count). The molecule has 1 aliphatic carbocycles. The van der Waals surface area contributed by atoms with Gasteiger partial charge in [-0.05, 0) is 65.5 Å². The Bertz CT molecular complexity index is 496. The number of rotatable bonds is 5. The molecule has 1 aromatic heterocycles. The van der Waals surface area contributed by atoms with Crippen LogP contribution in [0.15, 0.2) is 6.07 Å². The Morgan fingerprint density at radius 1 is 1.29 bits per heavy atom. The van der Waals surface area contributed by atoms with Gasteiger partial charge in [0.05, 0.1) is 6.54 Å². The number of hydrogen-bond acceptors (Lipinski definition) is 2. The van der Waals surface area contributed by atoms with Gasteiger partial charge in [-0.2, -0.15) is 0 Å². The van der Waals surface area contributed by atoms with Crippen LogP contribution in [0.1, 0.15) is 61.3 Å². The lowest BCUT2D eigenvalue weighted by atomic mass is 9.86. The number of hydrogen-bond donors (Lipinski definition) is 0. The van der Waals surface area contributed by atoms with Crippen molar-refractivity contribution in [2.75, 3.05) is 13.6 Å². The van der Waals surface area contributed by atoms with Gasteiger partial charge in [0, 0.05) is 29.5 Å². The third-order valence-electron chi connectivity index (χ3n) is 5.19. The van der Waals surface area contributed by atoms with Gasteiger partial charge in [-0.15, -0.1) is 0 Å². The highest BCUT2D eigenvalue weighted by atomic mass is 16.1. The maximum absolute atomic E-state index is 12.6. The fourth-order valence-electron chi connectivity index (χ4n) is 3.69. The molecule has 0 atom stereocenters. The van der Waals surface area contributed by atoms with Crippen LogP contribution in [-0.2, 0) is 6.54 Å². The molecule has 1 fully saturated rings. The molecular weight excluding hydrogens is 260 g/mol. The molecular formula is C18H30N2O. The van der Waals surface area contributed by atoms with E-state index in [0.29, 0.717) is 12.6 Å². The number of carbonyl (C=O) groups excluding carboxylic acids is 1. The highest BCUT2D eigenvalue weighted by Crippen LogP contribution is 2.26. The second-order valence-corrected chi connectivity index (χ2v) is 6.78. The molecule has 1 saturated carbocycles. The predicted molar refractivity (Wildman–Crippen MR) is 88.0 cm³/mol. The van der Waals surface area contributed by atoms with Crippen molar-refractivity contribution in [2.45, 2.75) is 66.0 Å². The Balaban J connectivity index is 2.01. The first-order valence-corrected chi connectivity index (χ1v) is 8.34. The van der Waals surface area contributed by atoms with E-state index in [-0.39, 0.29) is 5.78 Å². The first kappa shape index (κ1) is 16.3. The van der Waals surface area contributed by atoms with Crippen molar-refractivity contribution < 1.29 is 4.79 Å². The second-order valence-electron chi connectivity index (χ2n) is 6.78. The Kier molecular flexibility index (Phi) is 5.26. The minimum Gasteiger partial charge on any atom is -0.349 e. The third-order valence-corrected chi connectivity index (χ3v) is 5.19. The molecule has 21 heavy (non-hydrogen) atoms. The molecule has 0 unspecified atom stereocenters. The van der Waals surface area contributed by atoms with E-state index in [9.17, 15) is 4.79 Å². The molecule has 0 saturated heterocycles. The van der Waals surface area contributed by atoms with Gasteiger partial charge in [-0.25, -0.2) is 0 Å². The number of aromatic nitrogens is 1. The highest BCUT2D eigenvalue weighted by molar-refractivity contribution is 5.99. The van der Waals surface area contributed by atoms with E-state index in [0.717, 1.165) is 23.7 Å². The van der Waals surface area contributed by atoms with Crippen LogP contribution in [0.4, 0.5) is 0 Å². The summed E-state index contributed by atoms with van der Waals surface area (Å²) in [4.78, 5) is 14.9. The fourth-order valence-corrected chi connectivity index (χ4v) is 3.69. The zero-order valence-corrected chi connectivity index (χ0v) is 14.3. The lowest BCUT2D eigenvalue weighted by Gasteiger charge is -2.33. The summed E-state index contributed by atoms with van der Waals surface area (Å²) in [5.41, 5.74) is 3.21. The topological polar surface area (TPSA) is 25.2 Å². The summed E-state index contributed by atoms with van der Waals surface area (Å²) < 4.78 is 2.22. The number of carbonyl (C=O) groups is 1. The van der Waals surface area contributed by atoms with Crippen LogP contribution in [0, 0.1) is 19.8 Å². The third kappa shape index (κ3) is 3.57. The van der Waals surface area contributed by atoms with Crippen molar-refractivity contribution in [1.29, 1.82) is 0 Å². The van der Waals surface area contributed by atoms with Gasteiger partial charge in [-0.3, -0.25) is 9.69 Å². The summed E-state index contributed by atoms with van der Waals surface area (Å²) in [6.45, 7) is 10.1. The standard InChI is InChI=1S/C18H30N2O/c1-6-20-14(3)11-17(15(20)4)18(21)12-19(5)16-9-7-13(2)8-10-16/h11,13,16H,6-10,12H2,1-5H3. The monoisotopic (exact) mass is 290 g/mol. The Morgan fingerprint density at radius 2 is 1.90 bits per heavy atom. The molecule has 0 aromatic carbocycles. The summed E-state index contributed by atoms with van der Waals surface area (Å²) in [5.74, 6) is 1.12. The van der Waals surface area contributed by atoms with Crippen molar-refractivity contribution in [3.63, 3.8) is 0 Å². The van der Waals surface area contributed by atoms with Crippen molar-refractivity contribution >= 4 is 5.78 Å². The maximum atomic E-state index is 12.6. The number of Topliss-reactive ketones (excluding diaryl/α,β-unsaturated/α-hetero) is 1. The van der Waals surface area contributed by atoms with Gasteiger partial charge in [-0.1, -0.05) is 6.92 Å². The molecule has 3 heteroatoms. The van der Waals surface area contributed by atoms with Crippen molar-refractivity contribution in [3.05, 3.63) is 23.0 Å². The van der Waals surface area contributed by atoms with Crippen molar-refractivity contribution in [2.24, 2.45) is 5.92 Å². The van der Waals surface area contributed by atoms with Gasteiger partial charge in [0.15, 0.2) is 5.78 Å². The molecule has 0 aliphatic heterocycles. The normalized spacial score (nSPS) is 22.8.